The minimum atomic E-state index is -0.736. The van der Waals surface area contributed by atoms with Crippen molar-refractivity contribution in [3.05, 3.63) is 108 Å². The number of rotatable bonds is 5. The van der Waals surface area contributed by atoms with Crippen LogP contribution in [0.15, 0.2) is 69.4 Å². The molecule has 0 aliphatic carbocycles. The van der Waals surface area contributed by atoms with Crippen molar-refractivity contribution in [3.8, 4) is 5.69 Å². The first-order valence-corrected chi connectivity index (χ1v) is 11.6. The molecule has 10 heteroatoms. The van der Waals surface area contributed by atoms with E-state index in [0.29, 0.717) is 21.4 Å². The van der Waals surface area contributed by atoms with E-state index in [4.69, 9.17) is 23.2 Å². The van der Waals surface area contributed by atoms with Crippen LogP contribution in [-0.2, 0) is 6.54 Å². The summed E-state index contributed by atoms with van der Waals surface area (Å²) in [5.74, 6) is 0.0571. The Morgan fingerprint density at radius 3 is 2.69 bits per heavy atom. The molecule has 0 saturated heterocycles. The molecule has 1 atom stereocenters. The zero-order chi connectivity index (χ0) is 24.7. The number of hydrogen-bond acceptors (Lipinski definition) is 6. The van der Waals surface area contributed by atoms with E-state index in [0.717, 1.165) is 26.3 Å². The number of benzene rings is 2. The van der Waals surface area contributed by atoms with E-state index in [9.17, 15) is 9.59 Å². The molecular weight excluding hydrogens is 487 g/mol. The second kappa shape index (κ2) is 9.13. The van der Waals surface area contributed by atoms with Gasteiger partial charge in [-0.15, -0.1) is 0 Å². The van der Waals surface area contributed by atoms with E-state index in [1.165, 1.54) is 10.8 Å². The number of nitrogens with one attached hydrogen (secondary N) is 1. The molecule has 0 bridgehead atoms. The zero-order valence-electron chi connectivity index (χ0n) is 18.9. The number of nitrogens with zero attached hydrogens (tertiary/aromatic N) is 5. The van der Waals surface area contributed by atoms with Gasteiger partial charge in [0.2, 0.25) is 5.95 Å². The summed E-state index contributed by atoms with van der Waals surface area (Å²) >= 11 is 12.7. The second-order valence-corrected chi connectivity index (χ2v) is 9.17. The highest BCUT2D eigenvalue weighted by atomic mass is 35.5. The Hall–Kier alpha value is -3.75. The number of pyridine rings is 1. The summed E-state index contributed by atoms with van der Waals surface area (Å²) in [5.41, 5.74) is 1.09. The molecule has 1 aliphatic heterocycles. The van der Waals surface area contributed by atoms with Gasteiger partial charge in [-0.1, -0.05) is 41.4 Å². The lowest BCUT2D eigenvalue weighted by Crippen LogP contribution is -2.42. The molecule has 3 heterocycles. The molecule has 2 aromatic carbocycles. The van der Waals surface area contributed by atoms with Crippen LogP contribution in [0.25, 0.3) is 11.8 Å². The maximum absolute atomic E-state index is 13.6. The molecule has 0 radical (unpaired) electrons. The Morgan fingerprint density at radius 1 is 1.09 bits per heavy atom. The van der Waals surface area contributed by atoms with Crippen LogP contribution in [0.1, 0.15) is 18.1 Å². The largest absolute Gasteiger partial charge is 0.359 e. The van der Waals surface area contributed by atoms with Gasteiger partial charge in [0.1, 0.15) is 0 Å². The molecule has 0 saturated carbocycles. The molecule has 5 rings (SSSR count). The first-order chi connectivity index (χ1) is 16.8. The predicted molar refractivity (Wildman–Crippen MR) is 137 cm³/mol. The van der Waals surface area contributed by atoms with Crippen LogP contribution in [0.5, 0.6) is 0 Å². The third-order valence-electron chi connectivity index (χ3n) is 5.55. The second-order valence-electron chi connectivity index (χ2n) is 8.32. The number of aromatic nitrogens is 4. The summed E-state index contributed by atoms with van der Waals surface area (Å²) in [6.45, 7) is 3.93. The average Bonchev–Trinajstić information content (AvgIpc) is 3.15. The van der Waals surface area contributed by atoms with Crippen LogP contribution in [0.4, 0.5) is 11.6 Å². The van der Waals surface area contributed by atoms with Gasteiger partial charge in [-0.3, -0.25) is 14.5 Å². The summed E-state index contributed by atoms with van der Waals surface area (Å²) < 4.78 is 2.37. The summed E-state index contributed by atoms with van der Waals surface area (Å²) in [6, 6.07) is 12.5. The van der Waals surface area contributed by atoms with Gasteiger partial charge in [-0.25, -0.2) is 14.2 Å². The molecule has 1 unspecified atom stereocenters. The molecule has 0 spiro atoms. The van der Waals surface area contributed by atoms with Crippen molar-refractivity contribution < 1.29 is 0 Å². The lowest BCUT2D eigenvalue weighted by atomic mass is 10.2. The molecule has 4 aromatic rings. The minimum absolute atomic E-state index is 0.0438. The first kappa shape index (κ1) is 23.0. The van der Waals surface area contributed by atoms with Crippen molar-refractivity contribution in [2.24, 2.45) is 4.99 Å². The van der Waals surface area contributed by atoms with Gasteiger partial charge >= 0.3 is 11.4 Å². The third-order valence-corrected chi connectivity index (χ3v) is 6.09. The number of aryl methyl sites for hydroxylation is 1. The standard InChI is InChI=1S/C25H20Cl2N6O2/c1-14-6-19(12-28-11-14)33-24(34)31-23(32(25(33)35)13-16-4-3-5-18(26)8-16)30-22-9-17-7-15(2)29-21(17)10-20(22)27/h3-12,15H,13H2,1-2H3,(H,30,31,34). The van der Waals surface area contributed by atoms with Gasteiger partial charge in [0, 0.05) is 11.2 Å². The van der Waals surface area contributed by atoms with Crippen molar-refractivity contribution >= 4 is 40.9 Å². The van der Waals surface area contributed by atoms with Gasteiger partial charge in [0.15, 0.2) is 0 Å². The molecule has 35 heavy (non-hydrogen) atoms. The van der Waals surface area contributed by atoms with Gasteiger partial charge < -0.3 is 5.32 Å². The van der Waals surface area contributed by atoms with Gasteiger partial charge in [0.25, 0.3) is 0 Å². The lowest BCUT2D eigenvalue weighted by Gasteiger charge is -2.16. The van der Waals surface area contributed by atoms with Crippen LogP contribution in [0.3, 0.4) is 0 Å². The molecule has 0 fully saturated rings. The smallest absolute Gasteiger partial charge is 0.324 e. The van der Waals surface area contributed by atoms with Crippen molar-refractivity contribution in [2.45, 2.75) is 26.4 Å². The Morgan fingerprint density at radius 2 is 1.91 bits per heavy atom. The van der Waals surface area contributed by atoms with Crippen LogP contribution in [0, 0.1) is 6.92 Å². The molecule has 0 amide bonds. The molecular formula is C25H20Cl2N6O2. The topological polar surface area (TPSA) is 94.2 Å². The maximum Gasteiger partial charge on any atom is 0.359 e. The van der Waals surface area contributed by atoms with Crippen molar-refractivity contribution in [1.29, 1.82) is 0 Å². The minimum Gasteiger partial charge on any atom is -0.324 e. The molecule has 1 N–H and O–H groups in total. The van der Waals surface area contributed by atoms with Crippen molar-refractivity contribution in [3.63, 3.8) is 0 Å². The fourth-order valence-corrected chi connectivity index (χ4v) is 4.41. The summed E-state index contributed by atoms with van der Waals surface area (Å²) in [7, 11) is 0. The first-order valence-electron chi connectivity index (χ1n) is 10.8. The summed E-state index contributed by atoms with van der Waals surface area (Å²) in [5, 5.41) is 5.72. The van der Waals surface area contributed by atoms with Gasteiger partial charge in [-0.2, -0.15) is 4.98 Å². The summed E-state index contributed by atoms with van der Waals surface area (Å²) in [6.07, 6.45) is 5.10. The lowest BCUT2D eigenvalue weighted by molar-refractivity contribution is 0.657. The molecule has 1 aliphatic rings. The van der Waals surface area contributed by atoms with E-state index in [2.05, 4.69) is 20.3 Å². The van der Waals surface area contributed by atoms with Gasteiger partial charge in [0.05, 0.1) is 40.5 Å². The SMILES string of the molecule is Cc1cncc(-n2c(=O)nc(Nc3cc4c(cc3Cl)=NC(C)C=4)n(Cc3cccc(Cl)c3)c2=O)c1. The van der Waals surface area contributed by atoms with Crippen LogP contribution < -0.4 is 27.3 Å². The number of anilines is 2. The molecule has 8 nitrogen and oxygen atoms in total. The molecule has 176 valence electrons. The Balaban J connectivity index is 1.68. The zero-order valence-corrected chi connectivity index (χ0v) is 20.4. The fraction of sp³-hybridized carbons (Fsp3) is 0.160. The van der Waals surface area contributed by atoms with Crippen molar-refractivity contribution in [2.75, 3.05) is 5.32 Å². The van der Waals surface area contributed by atoms with E-state index in [1.807, 2.05) is 32.1 Å². The van der Waals surface area contributed by atoms with Crippen LogP contribution in [0.2, 0.25) is 10.0 Å². The van der Waals surface area contributed by atoms with E-state index < -0.39 is 11.4 Å². The van der Waals surface area contributed by atoms with Gasteiger partial charge in [-0.05, 0) is 60.5 Å². The predicted octanol–water partition coefficient (Wildman–Crippen LogP) is 3.00. The highest BCUT2D eigenvalue weighted by Crippen LogP contribution is 2.22. The Labute approximate surface area is 209 Å². The van der Waals surface area contributed by atoms with Crippen molar-refractivity contribution in [1.82, 2.24) is 19.1 Å². The van der Waals surface area contributed by atoms with E-state index >= 15 is 0 Å². The van der Waals surface area contributed by atoms with Crippen LogP contribution in [-0.4, -0.2) is 25.1 Å². The number of hydrogen-bond donors (Lipinski definition) is 1. The monoisotopic (exact) mass is 506 g/mol. The van der Waals surface area contributed by atoms with Crippen LogP contribution >= 0.6 is 23.2 Å². The fourth-order valence-electron chi connectivity index (χ4n) is 3.99. The van der Waals surface area contributed by atoms with E-state index in [-0.39, 0.29) is 18.5 Å². The van der Waals surface area contributed by atoms with E-state index in [1.54, 1.807) is 36.5 Å². The normalized spacial score (nSPS) is 14.2. The quantitative estimate of drug-likeness (QED) is 0.449. The highest BCUT2D eigenvalue weighted by molar-refractivity contribution is 6.33. The Bertz CT molecular complexity index is 1710. The third kappa shape index (κ3) is 4.62. The number of fused-ring (bicyclic) bond motifs is 1. The highest BCUT2D eigenvalue weighted by Gasteiger charge is 2.17. The Kier molecular flexibility index (Phi) is 6.00. The maximum atomic E-state index is 13.6. The average molecular weight is 507 g/mol. The molecule has 2 aromatic heterocycles. The summed E-state index contributed by atoms with van der Waals surface area (Å²) in [4.78, 5) is 39.5. The number of halogens is 2.